The summed E-state index contributed by atoms with van der Waals surface area (Å²) < 4.78 is 5.30. The van der Waals surface area contributed by atoms with Crippen molar-refractivity contribution in [1.82, 2.24) is 4.90 Å². The molecular weight excluding hydrogens is 164 g/mol. The first-order chi connectivity index (χ1) is 6.21. The maximum atomic E-state index is 6.15. The first-order valence-electron chi connectivity index (χ1n) is 5.30. The summed E-state index contributed by atoms with van der Waals surface area (Å²) in [6, 6.07) is 0. The van der Waals surface area contributed by atoms with Crippen molar-refractivity contribution in [2.24, 2.45) is 11.7 Å². The lowest BCUT2D eigenvalue weighted by Crippen LogP contribution is -2.39. The Morgan fingerprint density at radius 3 is 2.62 bits per heavy atom. The van der Waals surface area contributed by atoms with Crippen LogP contribution in [-0.4, -0.2) is 43.3 Å². The van der Waals surface area contributed by atoms with E-state index in [0.29, 0.717) is 0 Å². The van der Waals surface area contributed by atoms with Gasteiger partial charge < -0.3 is 10.5 Å². The molecule has 2 unspecified atom stereocenters. The third-order valence-corrected chi connectivity index (χ3v) is 3.50. The van der Waals surface area contributed by atoms with Crippen LogP contribution < -0.4 is 5.73 Å². The number of nitrogens with zero attached hydrogens (tertiary/aromatic N) is 1. The molecule has 0 aromatic rings. The Bertz CT molecular complexity index is 180. The van der Waals surface area contributed by atoms with Crippen molar-refractivity contribution in [3.05, 3.63) is 0 Å². The molecule has 0 radical (unpaired) electrons. The number of ether oxygens (including phenoxy) is 1. The van der Waals surface area contributed by atoms with E-state index in [-0.39, 0.29) is 5.54 Å². The number of hydrogen-bond donors (Lipinski definition) is 1. The van der Waals surface area contributed by atoms with E-state index in [9.17, 15) is 0 Å². The molecule has 2 rings (SSSR count). The van der Waals surface area contributed by atoms with E-state index in [1.165, 1.54) is 6.42 Å². The van der Waals surface area contributed by atoms with Gasteiger partial charge in [-0.2, -0.15) is 0 Å². The second-order valence-electron chi connectivity index (χ2n) is 4.54. The first kappa shape index (κ1) is 9.44. The highest BCUT2D eigenvalue weighted by Gasteiger charge is 2.46. The average Bonchev–Trinajstić information content (AvgIpc) is 2.74. The van der Waals surface area contributed by atoms with E-state index in [1.54, 1.807) is 0 Å². The molecule has 0 aromatic carbocycles. The predicted octanol–water partition coefficient (Wildman–Crippen LogP) is 0.446. The lowest BCUT2D eigenvalue weighted by molar-refractivity contribution is 0.0361. The van der Waals surface area contributed by atoms with Crippen molar-refractivity contribution in [2.45, 2.75) is 25.3 Å². The second-order valence-corrected chi connectivity index (χ2v) is 4.54. The van der Waals surface area contributed by atoms with Gasteiger partial charge in [0.05, 0.1) is 13.2 Å². The zero-order valence-electron chi connectivity index (χ0n) is 8.46. The molecule has 1 aliphatic carbocycles. The van der Waals surface area contributed by atoms with Crippen LogP contribution >= 0.6 is 0 Å². The van der Waals surface area contributed by atoms with Crippen molar-refractivity contribution in [3.63, 3.8) is 0 Å². The fourth-order valence-corrected chi connectivity index (χ4v) is 2.05. The lowest BCUT2D eigenvalue weighted by atomic mass is 10.1. The summed E-state index contributed by atoms with van der Waals surface area (Å²) in [6.07, 6.45) is 2.38. The van der Waals surface area contributed by atoms with E-state index in [0.717, 1.165) is 45.2 Å². The second kappa shape index (κ2) is 3.56. The first-order valence-corrected chi connectivity index (χ1v) is 5.30. The van der Waals surface area contributed by atoms with Gasteiger partial charge in [0, 0.05) is 25.2 Å². The minimum Gasteiger partial charge on any atom is -0.379 e. The van der Waals surface area contributed by atoms with Gasteiger partial charge in [0.15, 0.2) is 0 Å². The normalized spacial score (nSPS) is 40.6. The lowest BCUT2D eigenvalue weighted by Gasteiger charge is -2.27. The molecule has 0 amide bonds. The Morgan fingerprint density at radius 1 is 1.46 bits per heavy atom. The predicted molar refractivity (Wildman–Crippen MR) is 52.6 cm³/mol. The van der Waals surface area contributed by atoms with Crippen LogP contribution in [0.5, 0.6) is 0 Å². The highest BCUT2D eigenvalue weighted by atomic mass is 16.5. The van der Waals surface area contributed by atoms with Gasteiger partial charge in [-0.05, 0) is 18.8 Å². The third kappa shape index (κ3) is 2.22. The molecule has 3 heteroatoms. The van der Waals surface area contributed by atoms with E-state index < -0.39 is 0 Å². The quantitative estimate of drug-likeness (QED) is 0.692. The molecule has 1 saturated carbocycles. The molecule has 2 fully saturated rings. The zero-order valence-corrected chi connectivity index (χ0v) is 8.46. The molecular formula is C10H20N2O. The maximum Gasteiger partial charge on any atom is 0.0594 e. The van der Waals surface area contributed by atoms with Gasteiger partial charge in [0.2, 0.25) is 0 Å². The Labute approximate surface area is 80.2 Å². The fourth-order valence-electron chi connectivity index (χ4n) is 2.05. The molecule has 1 aliphatic heterocycles. The van der Waals surface area contributed by atoms with Crippen LogP contribution in [0.4, 0.5) is 0 Å². The molecule has 1 saturated heterocycles. The number of nitrogens with two attached hydrogens (primary N) is 1. The topological polar surface area (TPSA) is 38.5 Å². The monoisotopic (exact) mass is 184 g/mol. The fraction of sp³-hybridized carbons (Fsp3) is 1.00. The Morgan fingerprint density at radius 2 is 2.08 bits per heavy atom. The third-order valence-electron chi connectivity index (χ3n) is 3.50. The molecule has 1 heterocycles. The van der Waals surface area contributed by atoms with E-state index in [4.69, 9.17) is 10.5 Å². The summed E-state index contributed by atoms with van der Waals surface area (Å²) in [5, 5.41) is 0. The molecule has 2 atom stereocenters. The van der Waals surface area contributed by atoms with Crippen LogP contribution in [0, 0.1) is 5.92 Å². The summed E-state index contributed by atoms with van der Waals surface area (Å²) >= 11 is 0. The molecule has 2 N–H and O–H groups in total. The summed E-state index contributed by atoms with van der Waals surface area (Å²) in [4.78, 5) is 2.46. The number of hydrogen-bond acceptors (Lipinski definition) is 3. The van der Waals surface area contributed by atoms with Crippen molar-refractivity contribution in [3.8, 4) is 0 Å². The van der Waals surface area contributed by atoms with Crippen LogP contribution in [0.25, 0.3) is 0 Å². The van der Waals surface area contributed by atoms with Crippen molar-refractivity contribution in [2.75, 3.05) is 32.8 Å². The van der Waals surface area contributed by atoms with Gasteiger partial charge in [0.25, 0.3) is 0 Å². The minimum atomic E-state index is 0.179. The molecule has 0 spiro atoms. The molecule has 76 valence electrons. The maximum absolute atomic E-state index is 6.15. The Hall–Kier alpha value is -0.120. The summed E-state index contributed by atoms with van der Waals surface area (Å²) in [7, 11) is 0. The minimum absolute atomic E-state index is 0.179. The van der Waals surface area contributed by atoms with Gasteiger partial charge >= 0.3 is 0 Å². The van der Waals surface area contributed by atoms with Crippen LogP contribution in [0.1, 0.15) is 19.8 Å². The molecule has 0 aromatic heterocycles. The van der Waals surface area contributed by atoms with Crippen LogP contribution in [0.3, 0.4) is 0 Å². The number of rotatable bonds is 3. The van der Waals surface area contributed by atoms with Gasteiger partial charge in [-0.25, -0.2) is 0 Å². The van der Waals surface area contributed by atoms with Crippen LogP contribution in [-0.2, 0) is 4.74 Å². The SMILES string of the molecule is CC1CC1(N)CCN1CCOCC1. The summed E-state index contributed by atoms with van der Waals surface area (Å²) in [6.45, 7) is 7.37. The van der Waals surface area contributed by atoms with E-state index >= 15 is 0 Å². The van der Waals surface area contributed by atoms with Gasteiger partial charge in [-0.1, -0.05) is 6.92 Å². The molecule has 2 aliphatic rings. The van der Waals surface area contributed by atoms with Gasteiger partial charge in [-0.15, -0.1) is 0 Å². The van der Waals surface area contributed by atoms with E-state index in [2.05, 4.69) is 11.8 Å². The van der Waals surface area contributed by atoms with Gasteiger partial charge in [-0.3, -0.25) is 4.90 Å². The summed E-state index contributed by atoms with van der Waals surface area (Å²) in [5.74, 6) is 0.744. The highest BCUT2D eigenvalue weighted by molar-refractivity contribution is 5.05. The summed E-state index contributed by atoms with van der Waals surface area (Å²) in [5.41, 5.74) is 6.33. The largest absolute Gasteiger partial charge is 0.379 e. The molecule has 13 heavy (non-hydrogen) atoms. The molecule has 0 bridgehead atoms. The smallest absolute Gasteiger partial charge is 0.0594 e. The molecule has 3 nitrogen and oxygen atoms in total. The average molecular weight is 184 g/mol. The Balaban J connectivity index is 1.67. The van der Waals surface area contributed by atoms with Crippen LogP contribution in [0.15, 0.2) is 0 Å². The van der Waals surface area contributed by atoms with Gasteiger partial charge in [0.1, 0.15) is 0 Å². The van der Waals surface area contributed by atoms with Crippen molar-refractivity contribution in [1.29, 1.82) is 0 Å². The standard InChI is InChI=1S/C10H20N2O/c1-9-8-10(9,11)2-3-12-4-6-13-7-5-12/h9H,2-8,11H2,1H3. The highest BCUT2D eigenvalue weighted by Crippen LogP contribution is 2.43. The van der Waals surface area contributed by atoms with Crippen molar-refractivity contribution < 1.29 is 4.74 Å². The van der Waals surface area contributed by atoms with Crippen LogP contribution in [0.2, 0.25) is 0 Å². The number of morpholine rings is 1. The van der Waals surface area contributed by atoms with Crippen molar-refractivity contribution >= 4 is 0 Å². The zero-order chi connectivity index (χ0) is 9.31. The van der Waals surface area contributed by atoms with E-state index in [1.807, 2.05) is 0 Å². The Kier molecular flexibility index (Phi) is 2.58.